The highest BCUT2D eigenvalue weighted by atomic mass is 19.4. The molecule has 2 N–H and O–H groups in total. The van der Waals surface area contributed by atoms with E-state index in [4.69, 9.17) is 4.42 Å². The topological polar surface area (TPSA) is 116 Å². The van der Waals surface area contributed by atoms with Gasteiger partial charge in [-0.15, -0.1) is 0 Å². The number of hydrogen-bond acceptors (Lipinski definition) is 8. The van der Waals surface area contributed by atoms with Crippen LogP contribution in [0.4, 0.5) is 32.3 Å². The molecule has 1 saturated heterocycles. The molecule has 39 heavy (non-hydrogen) atoms. The number of alkyl halides is 6. The Morgan fingerprint density at radius 2 is 1.72 bits per heavy atom. The first kappa shape index (κ1) is 29.4. The van der Waals surface area contributed by atoms with Crippen molar-refractivity contribution < 1.29 is 40.3 Å². The van der Waals surface area contributed by atoms with Gasteiger partial charge < -0.3 is 19.5 Å². The first-order chi connectivity index (χ1) is 18.2. The Kier molecular flexibility index (Phi) is 8.86. The molecule has 0 unspecified atom stereocenters. The number of nitrogens with one attached hydrogen (secondary N) is 2. The number of furan rings is 1. The number of rotatable bonds is 8. The van der Waals surface area contributed by atoms with E-state index in [0.717, 1.165) is 6.92 Å². The molecule has 2 aromatic rings. The Hall–Kier alpha value is -4.11. The van der Waals surface area contributed by atoms with Gasteiger partial charge in [-0.25, -0.2) is 15.4 Å². The smallest absolute Gasteiger partial charge is 0.423 e. The van der Waals surface area contributed by atoms with Crippen LogP contribution < -0.4 is 15.6 Å². The molecule has 16 heteroatoms. The highest BCUT2D eigenvalue weighted by Gasteiger charge is 2.41. The molecule has 2 amide bonds. The van der Waals surface area contributed by atoms with Crippen molar-refractivity contribution in [2.24, 2.45) is 5.10 Å². The average Bonchev–Trinajstić information content (AvgIpc) is 3.30. The number of halogens is 6. The van der Waals surface area contributed by atoms with Gasteiger partial charge in [0.2, 0.25) is 5.95 Å². The number of anilines is 1. The maximum Gasteiger partial charge on any atom is 0.423 e. The Morgan fingerprint density at radius 1 is 1.10 bits per heavy atom. The van der Waals surface area contributed by atoms with E-state index in [-0.39, 0.29) is 44.3 Å². The molecular formula is C23H25F6N7O3. The standard InChI is InChI=1S/C23H25F6N7O3/c1-13(33-14(2)18(23(27,28)29)19(37)34-30-3)10-16-4-5-17(39-16)20(38)35-6-8-36(9-7-35)21-31-11-15(12-32-21)22(24,25)26/h4-5,11-13,33H,3,6-10H2,1-2H3,(H,34,37)/b18-14-/t13-/m0/s1. The minimum absolute atomic E-state index is 0.0242. The molecule has 10 nitrogen and oxygen atoms in total. The zero-order chi connectivity index (χ0) is 29.0. The molecule has 0 aromatic carbocycles. The zero-order valence-electron chi connectivity index (χ0n) is 20.9. The molecule has 3 heterocycles. The second-order valence-corrected chi connectivity index (χ2v) is 8.66. The largest absolute Gasteiger partial charge is 0.456 e. The quantitative estimate of drug-likeness (QED) is 0.220. The van der Waals surface area contributed by atoms with Crippen molar-refractivity contribution in [3.05, 3.63) is 52.9 Å². The lowest BCUT2D eigenvalue weighted by Gasteiger charge is -2.34. The van der Waals surface area contributed by atoms with Crippen LogP contribution in [0.15, 0.2) is 45.3 Å². The Morgan fingerprint density at radius 3 is 2.26 bits per heavy atom. The van der Waals surface area contributed by atoms with Gasteiger partial charge in [0.15, 0.2) is 5.76 Å². The summed E-state index contributed by atoms with van der Waals surface area (Å²) in [7, 11) is 0. The fraction of sp³-hybridized carbons (Fsp3) is 0.435. The highest BCUT2D eigenvalue weighted by molar-refractivity contribution is 5.95. The monoisotopic (exact) mass is 561 g/mol. The fourth-order valence-corrected chi connectivity index (χ4v) is 3.93. The molecule has 0 saturated carbocycles. The van der Waals surface area contributed by atoms with Gasteiger partial charge in [-0.05, 0) is 26.0 Å². The molecule has 0 radical (unpaired) electrons. The van der Waals surface area contributed by atoms with Gasteiger partial charge in [-0.1, -0.05) is 0 Å². The molecule has 212 valence electrons. The van der Waals surface area contributed by atoms with Crippen LogP contribution in [0.25, 0.3) is 0 Å². The van der Waals surface area contributed by atoms with Crippen molar-refractivity contribution in [2.45, 2.75) is 38.7 Å². The summed E-state index contributed by atoms with van der Waals surface area (Å²) in [5.74, 6) is -1.40. The Labute approximate surface area is 218 Å². The molecule has 0 aliphatic carbocycles. The number of nitrogens with zero attached hydrogens (tertiary/aromatic N) is 5. The van der Waals surface area contributed by atoms with Crippen LogP contribution >= 0.6 is 0 Å². The van der Waals surface area contributed by atoms with Crippen molar-refractivity contribution >= 4 is 24.5 Å². The second-order valence-electron chi connectivity index (χ2n) is 8.66. The highest BCUT2D eigenvalue weighted by Crippen LogP contribution is 2.29. The van der Waals surface area contributed by atoms with Crippen LogP contribution in [0.3, 0.4) is 0 Å². The minimum Gasteiger partial charge on any atom is -0.456 e. The number of hydrazone groups is 1. The molecule has 0 spiro atoms. The van der Waals surface area contributed by atoms with Crippen LogP contribution in [0.1, 0.15) is 35.7 Å². The third kappa shape index (κ3) is 7.48. The fourth-order valence-electron chi connectivity index (χ4n) is 3.93. The number of amides is 2. The SMILES string of the molecule is C=NNC(=O)/C(=C(\C)N[C@@H](C)Cc1ccc(C(=O)N2CCN(c3ncc(C(F)(F)F)cn3)CC2)o1)C(F)(F)F. The number of piperazine rings is 1. The van der Waals surface area contributed by atoms with Gasteiger partial charge in [-0.3, -0.25) is 9.59 Å². The summed E-state index contributed by atoms with van der Waals surface area (Å²) >= 11 is 0. The lowest BCUT2D eigenvalue weighted by Crippen LogP contribution is -2.49. The van der Waals surface area contributed by atoms with Gasteiger partial charge in [0.05, 0.1) is 5.56 Å². The Bertz CT molecular complexity index is 1220. The molecule has 1 atom stereocenters. The number of aromatic nitrogens is 2. The van der Waals surface area contributed by atoms with E-state index in [1.165, 1.54) is 17.0 Å². The van der Waals surface area contributed by atoms with Crippen LogP contribution in [0, 0.1) is 0 Å². The Balaban J connectivity index is 1.58. The maximum absolute atomic E-state index is 13.3. The van der Waals surface area contributed by atoms with Crippen LogP contribution in [0.2, 0.25) is 0 Å². The number of carbonyl (C=O) groups excluding carboxylic acids is 2. The molecule has 0 bridgehead atoms. The molecule has 2 aromatic heterocycles. The van der Waals surface area contributed by atoms with Crippen molar-refractivity contribution in [3.63, 3.8) is 0 Å². The van der Waals surface area contributed by atoms with E-state index >= 15 is 0 Å². The van der Waals surface area contributed by atoms with E-state index < -0.39 is 47.0 Å². The number of hydrogen-bond donors (Lipinski definition) is 2. The lowest BCUT2D eigenvalue weighted by atomic mass is 10.1. The van der Waals surface area contributed by atoms with Gasteiger partial charge in [0, 0.05) is 63.4 Å². The summed E-state index contributed by atoms with van der Waals surface area (Å²) < 4.78 is 83.7. The van der Waals surface area contributed by atoms with E-state index in [9.17, 15) is 35.9 Å². The maximum atomic E-state index is 13.3. The third-order valence-corrected chi connectivity index (χ3v) is 5.72. The summed E-state index contributed by atoms with van der Waals surface area (Å²) in [6.45, 7) is 6.67. The summed E-state index contributed by atoms with van der Waals surface area (Å²) in [5, 5.41) is 5.59. The summed E-state index contributed by atoms with van der Waals surface area (Å²) in [5.41, 5.74) is -1.16. The minimum atomic E-state index is -4.93. The van der Waals surface area contributed by atoms with Gasteiger partial charge in [0.25, 0.3) is 11.8 Å². The first-order valence-electron chi connectivity index (χ1n) is 11.5. The predicted molar refractivity (Wildman–Crippen MR) is 127 cm³/mol. The van der Waals surface area contributed by atoms with Crippen molar-refractivity contribution in [3.8, 4) is 0 Å². The van der Waals surface area contributed by atoms with Gasteiger partial charge in [0.1, 0.15) is 11.3 Å². The van der Waals surface area contributed by atoms with Crippen molar-refractivity contribution in [2.75, 3.05) is 31.1 Å². The first-order valence-corrected chi connectivity index (χ1v) is 11.5. The third-order valence-electron chi connectivity index (χ3n) is 5.72. The zero-order valence-corrected chi connectivity index (χ0v) is 20.9. The van der Waals surface area contributed by atoms with Crippen molar-refractivity contribution in [1.82, 2.24) is 25.6 Å². The normalized spacial score (nSPS) is 15.9. The van der Waals surface area contributed by atoms with E-state index in [0.29, 0.717) is 18.2 Å². The van der Waals surface area contributed by atoms with E-state index in [2.05, 4.69) is 27.1 Å². The molecular weight excluding hydrogens is 536 g/mol. The molecule has 3 rings (SSSR count). The van der Waals surface area contributed by atoms with E-state index in [1.54, 1.807) is 17.2 Å². The molecule has 1 aliphatic heterocycles. The van der Waals surface area contributed by atoms with Crippen LogP contribution in [0.5, 0.6) is 0 Å². The second kappa shape index (κ2) is 11.7. The van der Waals surface area contributed by atoms with Gasteiger partial charge in [-0.2, -0.15) is 31.4 Å². The predicted octanol–water partition coefficient (Wildman–Crippen LogP) is 3.14. The average molecular weight is 561 g/mol. The van der Waals surface area contributed by atoms with E-state index in [1.807, 2.05) is 0 Å². The summed E-state index contributed by atoms with van der Waals surface area (Å²) in [4.78, 5) is 35.3. The van der Waals surface area contributed by atoms with Crippen LogP contribution in [-0.4, -0.2) is 71.8 Å². The number of carbonyl (C=O) groups is 2. The van der Waals surface area contributed by atoms with Crippen molar-refractivity contribution in [1.29, 1.82) is 0 Å². The molecule has 1 aliphatic rings. The number of allylic oxidation sites excluding steroid dienone is 1. The van der Waals surface area contributed by atoms with Crippen LogP contribution in [-0.2, 0) is 17.4 Å². The summed E-state index contributed by atoms with van der Waals surface area (Å²) in [6.07, 6.45) is -7.96. The molecule has 1 fully saturated rings. The van der Waals surface area contributed by atoms with Gasteiger partial charge >= 0.3 is 12.4 Å². The lowest BCUT2D eigenvalue weighted by molar-refractivity contribution is -0.138. The summed E-state index contributed by atoms with van der Waals surface area (Å²) in [6, 6.07) is 2.37.